The molecule has 0 N–H and O–H groups in total. The molecule has 0 unspecified atom stereocenters. The molecule has 0 saturated carbocycles. The van der Waals surface area contributed by atoms with Gasteiger partial charge in [0.2, 0.25) is 0 Å². The van der Waals surface area contributed by atoms with Gasteiger partial charge in [-0.15, -0.1) is 0 Å². The Balaban J connectivity index is 1.25. The van der Waals surface area contributed by atoms with Gasteiger partial charge in [0.05, 0.1) is 11.0 Å². The van der Waals surface area contributed by atoms with Gasteiger partial charge in [-0.25, -0.2) is 19.9 Å². The first kappa shape index (κ1) is 29.0. The predicted molar refractivity (Wildman–Crippen MR) is 205 cm³/mol. The Morgan fingerprint density at radius 2 is 1.08 bits per heavy atom. The molecule has 6 heteroatoms. The molecular formula is C45H29N5O. The molecular weight excluding hydrogens is 627 g/mol. The van der Waals surface area contributed by atoms with Crippen molar-refractivity contribution in [2.75, 3.05) is 0 Å². The predicted octanol–water partition coefficient (Wildman–Crippen LogP) is 10.9. The topological polar surface area (TPSA) is 69.6 Å². The van der Waals surface area contributed by atoms with Crippen molar-refractivity contribution in [2.45, 2.75) is 6.42 Å². The fourth-order valence-electron chi connectivity index (χ4n) is 7.18. The second kappa shape index (κ2) is 11.9. The molecule has 10 rings (SSSR count). The summed E-state index contributed by atoms with van der Waals surface area (Å²) in [5, 5.41) is 4.40. The SMILES string of the molecule is c1ccc(-c2cnc(-n3c4ccccc4c4ccc5c6ccccc6oc5c43)c(Cc3nc(-c4ccccc4)nc(-c4ccccc4)n3)c2)cc1. The molecule has 0 fully saturated rings. The molecule has 0 bridgehead atoms. The van der Waals surface area contributed by atoms with E-state index in [9.17, 15) is 0 Å². The van der Waals surface area contributed by atoms with Gasteiger partial charge in [-0.05, 0) is 29.8 Å². The highest BCUT2D eigenvalue weighted by Crippen LogP contribution is 2.41. The van der Waals surface area contributed by atoms with E-state index in [1.165, 1.54) is 0 Å². The van der Waals surface area contributed by atoms with E-state index in [0.717, 1.165) is 77.4 Å². The maximum absolute atomic E-state index is 6.66. The van der Waals surface area contributed by atoms with Crippen molar-refractivity contribution in [3.8, 4) is 39.7 Å². The Morgan fingerprint density at radius 1 is 0.490 bits per heavy atom. The second-order valence-corrected chi connectivity index (χ2v) is 12.7. The van der Waals surface area contributed by atoms with Gasteiger partial charge in [0.1, 0.15) is 17.2 Å². The summed E-state index contributed by atoms with van der Waals surface area (Å²) in [5.74, 6) is 2.73. The zero-order valence-corrected chi connectivity index (χ0v) is 27.4. The first-order valence-corrected chi connectivity index (χ1v) is 17.0. The molecule has 0 atom stereocenters. The molecule has 0 radical (unpaired) electrons. The molecule has 0 aliphatic carbocycles. The van der Waals surface area contributed by atoms with Crippen LogP contribution in [-0.2, 0) is 6.42 Å². The molecule has 0 aliphatic rings. The monoisotopic (exact) mass is 655 g/mol. The van der Waals surface area contributed by atoms with Crippen LogP contribution in [0.25, 0.3) is 83.5 Å². The van der Waals surface area contributed by atoms with Crippen LogP contribution in [0, 0.1) is 0 Å². The number of hydrogen-bond donors (Lipinski definition) is 0. The first-order valence-electron chi connectivity index (χ1n) is 17.0. The molecule has 4 heterocycles. The van der Waals surface area contributed by atoms with Crippen LogP contribution in [0.5, 0.6) is 0 Å². The lowest BCUT2D eigenvalue weighted by Crippen LogP contribution is -2.08. The zero-order valence-electron chi connectivity index (χ0n) is 27.4. The van der Waals surface area contributed by atoms with Crippen LogP contribution in [0.3, 0.4) is 0 Å². The van der Waals surface area contributed by atoms with Crippen molar-refractivity contribution in [1.29, 1.82) is 0 Å². The van der Waals surface area contributed by atoms with Crippen molar-refractivity contribution in [2.24, 2.45) is 0 Å². The number of aromatic nitrogens is 5. The lowest BCUT2D eigenvalue weighted by Gasteiger charge is -2.15. The summed E-state index contributed by atoms with van der Waals surface area (Å²) in [4.78, 5) is 20.4. The number of rotatable bonds is 6. The van der Waals surface area contributed by atoms with E-state index in [-0.39, 0.29) is 0 Å². The average Bonchev–Trinajstić information content (AvgIpc) is 3.75. The summed E-state index contributed by atoms with van der Waals surface area (Å²) >= 11 is 0. The van der Waals surface area contributed by atoms with Crippen LogP contribution < -0.4 is 0 Å². The quantitative estimate of drug-likeness (QED) is 0.178. The Hall–Kier alpha value is -6.92. The molecule has 6 aromatic carbocycles. The summed E-state index contributed by atoms with van der Waals surface area (Å²) in [5.41, 5.74) is 8.68. The Morgan fingerprint density at radius 3 is 1.78 bits per heavy atom. The van der Waals surface area contributed by atoms with Crippen LogP contribution >= 0.6 is 0 Å². The second-order valence-electron chi connectivity index (χ2n) is 12.7. The van der Waals surface area contributed by atoms with E-state index >= 15 is 0 Å². The smallest absolute Gasteiger partial charge is 0.163 e. The highest BCUT2D eigenvalue weighted by atomic mass is 16.3. The maximum atomic E-state index is 6.66. The number of pyridine rings is 1. The van der Waals surface area contributed by atoms with Crippen LogP contribution in [0.2, 0.25) is 0 Å². The fourth-order valence-corrected chi connectivity index (χ4v) is 7.18. The van der Waals surface area contributed by atoms with Crippen molar-refractivity contribution < 1.29 is 4.42 Å². The minimum Gasteiger partial charge on any atom is -0.454 e. The molecule has 0 aliphatic heterocycles. The summed E-state index contributed by atoms with van der Waals surface area (Å²) in [6.07, 6.45) is 2.39. The summed E-state index contributed by atoms with van der Waals surface area (Å²) in [6, 6.07) is 53.9. The number of fused-ring (bicyclic) bond motifs is 7. The Bertz CT molecular complexity index is 2820. The van der Waals surface area contributed by atoms with Gasteiger partial charge in [0.15, 0.2) is 17.2 Å². The van der Waals surface area contributed by atoms with Gasteiger partial charge >= 0.3 is 0 Å². The third-order valence-electron chi connectivity index (χ3n) is 9.54. The minimum atomic E-state index is 0.426. The molecule has 240 valence electrons. The van der Waals surface area contributed by atoms with E-state index in [0.29, 0.717) is 23.9 Å². The van der Waals surface area contributed by atoms with Crippen molar-refractivity contribution in [3.05, 3.63) is 175 Å². The molecule has 0 saturated heterocycles. The molecule has 0 amide bonds. The number of benzene rings is 6. The van der Waals surface area contributed by atoms with Gasteiger partial charge in [-0.3, -0.25) is 4.57 Å². The number of para-hydroxylation sites is 2. The van der Waals surface area contributed by atoms with Crippen LogP contribution in [0.15, 0.2) is 168 Å². The zero-order chi connectivity index (χ0) is 33.7. The summed E-state index contributed by atoms with van der Waals surface area (Å²) < 4.78 is 8.92. The maximum Gasteiger partial charge on any atom is 0.163 e. The molecule has 10 aromatic rings. The van der Waals surface area contributed by atoms with Gasteiger partial charge in [0.25, 0.3) is 0 Å². The fraction of sp³-hybridized carbons (Fsp3) is 0.0222. The largest absolute Gasteiger partial charge is 0.454 e. The molecule has 4 aromatic heterocycles. The van der Waals surface area contributed by atoms with E-state index < -0.39 is 0 Å². The minimum absolute atomic E-state index is 0.426. The average molecular weight is 656 g/mol. The van der Waals surface area contributed by atoms with E-state index in [1.807, 2.05) is 85.1 Å². The van der Waals surface area contributed by atoms with Gasteiger partial charge in [0, 0.05) is 56.4 Å². The van der Waals surface area contributed by atoms with Gasteiger partial charge < -0.3 is 4.42 Å². The standard InChI is InChI=1S/C45H29N5O/c1-4-14-29(15-5-1)33-26-32(27-40-47-43(30-16-6-2-7-17-30)49-44(48-40)31-18-8-3-9-19-31)45(46-28-33)50-38-22-12-10-20-34(38)36-24-25-37-35-21-11-13-23-39(35)51-42(37)41(36)50/h1-26,28H,27H2. The third kappa shape index (κ3) is 4.96. The number of furan rings is 1. The van der Waals surface area contributed by atoms with Crippen LogP contribution in [0.4, 0.5) is 0 Å². The third-order valence-corrected chi connectivity index (χ3v) is 9.54. The normalized spacial score (nSPS) is 11.6. The van der Waals surface area contributed by atoms with Gasteiger partial charge in [-0.2, -0.15) is 0 Å². The van der Waals surface area contributed by atoms with Crippen molar-refractivity contribution in [1.82, 2.24) is 24.5 Å². The highest BCUT2D eigenvalue weighted by molar-refractivity contribution is 6.21. The Kier molecular flexibility index (Phi) is 6.77. The van der Waals surface area contributed by atoms with E-state index in [4.69, 9.17) is 24.4 Å². The van der Waals surface area contributed by atoms with Crippen LogP contribution in [0.1, 0.15) is 11.4 Å². The highest BCUT2D eigenvalue weighted by Gasteiger charge is 2.22. The first-order chi connectivity index (χ1) is 25.3. The molecule has 6 nitrogen and oxygen atoms in total. The lowest BCUT2D eigenvalue weighted by molar-refractivity contribution is 0.671. The van der Waals surface area contributed by atoms with Crippen molar-refractivity contribution >= 4 is 43.7 Å². The van der Waals surface area contributed by atoms with E-state index in [2.05, 4.69) is 83.4 Å². The Labute approximate surface area is 293 Å². The number of nitrogens with zero attached hydrogens (tertiary/aromatic N) is 5. The molecule has 0 spiro atoms. The van der Waals surface area contributed by atoms with Crippen LogP contribution in [-0.4, -0.2) is 24.5 Å². The summed E-state index contributed by atoms with van der Waals surface area (Å²) in [7, 11) is 0. The number of hydrogen-bond acceptors (Lipinski definition) is 5. The van der Waals surface area contributed by atoms with E-state index in [1.54, 1.807) is 0 Å². The molecule has 51 heavy (non-hydrogen) atoms. The van der Waals surface area contributed by atoms with Crippen molar-refractivity contribution in [3.63, 3.8) is 0 Å². The summed E-state index contributed by atoms with van der Waals surface area (Å²) in [6.45, 7) is 0. The van der Waals surface area contributed by atoms with Gasteiger partial charge in [-0.1, -0.05) is 133 Å². The lowest BCUT2D eigenvalue weighted by atomic mass is 10.0.